The molecule has 2 rings (SSSR count). The summed E-state index contributed by atoms with van der Waals surface area (Å²) in [6.45, 7) is 4.55. The van der Waals surface area contributed by atoms with Gasteiger partial charge in [-0.1, -0.05) is 20.3 Å². The van der Waals surface area contributed by atoms with Crippen LogP contribution in [-0.4, -0.2) is 14.5 Å². The zero-order valence-electron chi connectivity index (χ0n) is 12.0. The van der Waals surface area contributed by atoms with E-state index in [-0.39, 0.29) is 10.6 Å². The van der Waals surface area contributed by atoms with Crippen molar-refractivity contribution in [3.63, 3.8) is 0 Å². The lowest BCUT2D eigenvalue weighted by atomic mass is 9.75. The number of hydrogen-bond acceptors (Lipinski definition) is 4. The van der Waals surface area contributed by atoms with E-state index in [0.29, 0.717) is 11.5 Å². The molecule has 0 heterocycles. The fourth-order valence-corrected chi connectivity index (χ4v) is 3.60. The molecular weight excluding hydrogens is 274 g/mol. The zero-order chi connectivity index (χ0) is 15.0. The number of benzene rings is 1. The SMILES string of the molecule is CC1(C)CCCC(Nc2ccc(S(N)(=O)=O)c(N)c2)C1. The number of nitrogens with one attached hydrogen (secondary N) is 1. The molecule has 0 bridgehead atoms. The molecule has 1 aromatic rings. The van der Waals surface area contributed by atoms with Crippen molar-refractivity contribution in [2.24, 2.45) is 10.6 Å². The fourth-order valence-electron chi connectivity index (χ4n) is 2.95. The van der Waals surface area contributed by atoms with E-state index < -0.39 is 10.0 Å². The summed E-state index contributed by atoms with van der Waals surface area (Å²) in [6.07, 6.45) is 4.68. The molecule has 112 valence electrons. The molecule has 5 nitrogen and oxygen atoms in total. The van der Waals surface area contributed by atoms with Gasteiger partial charge in [-0.15, -0.1) is 0 Å². The third kappa shape index (κ3) is 3.64. The van der Waals surface area contributed by atoms with Crippen LogP contribution >= 0.6 is 0 Å². The Morgan fingerprint density at radius 3 is 2.60 bits per heavy atom. The molecule has 0 radical (unpaired) electrons. The smallest absolute Gasteiger partial charge is 0.240 e. The van der Waals surface area contributed by atoms with E-state index in [0.717, 1.165) is 18.5 Å². The van der Waals surface area contributed by atoms with Gasteiger partial charge in [-0.05, 0) is 42.9 Å². The summed E-state index contributed by atoms with van der Waals surface area (Å²) in [5.74, 6) is 0. The summed E-state index contributed by atoms with van der Waals surface area (Å²) < 4.78 is 22.6. The summed E-state index contributed by atoms with van der Waals surface area (Å²) in [5.41, 5.74) is 7.15. The van der Waals surface area contributed by atoms with Crippen LogP contribution in [0.15, 0.2) is 23.1 Å². The molecule has 0 amide bonds. The Bertz CT molecular complexity index is 596. The molecule has 1 unspecified atom stereocenters. The van der Waals surface area contributed by atoms with Gasteiger partial charge in [0.25, 0.3) is 0 Å². The van der Waals surface area contributed by atoms with Crippen LogP contribution in [0.5, 0.6) is 0 Å². The molecule has 1 saturated carbocycles. The van der Waals surface area contributed by atoms with Crippen LogP contribution in [-0.2, 0) is 10.0 Å². The van der Waals surface area contributed by atoms with Gasteiger partial charge in [0, 0.05) is 11.7 Å². The van der Waals surface area contributed by atoms with Crippen LogP contribution < -0.4 is 16.2 Å². The van der Waals surface area contributed by atoms with Crippen molar-refractivity contribution in [1.82, 2.24) is 0 Å². The molecule has 1 aromatic carbocycles. The highest BCUT2D eigenvalue weighted by atomic mass is 32.2. The van der Waals surface area contributed by atoms with Gasteiger partial charge in [0.1, 0.15) is 4.90 Å². The minimum Gasteiger partial charge on any atom is -0.398 e. The lowest BCUT2D eigenvalue weighted by Crippen LogP contribution is -2.31. The van der Waals surface area contributed by atoms with Crippen LogP contribution in [0.3, 0.4) is 0 Å². The fraction of sp³-hybridized carbons (Fsp3) is 0.571. The summed E-state index contributed by atoms with van der Waals surface area (Å²) in [5, 5.41) is 8.54. The Kier molecular flexibility index (Phi) is 3.97. The quantitative estimate of drug-likeness (QED) is 0.745. The van der Waals surface area contributed by atoms with E-state index in [1.807, 2.05) is 0 Å². The van der Waals surface area contributed by atoms with Gasteiger partial charge >= 0.3 is 0 Å². The molecule has 0 aromatic heterocycles. The van der Waals surface area contributed by atoms with E-state index in [1.54, 1.807) is 12.1 Å². The van der Waals surface area contributed by atoms with Crippen molar-refractivity contribution in [2.45, 2.75) is 50.5 Å². The number of nitrogens with two attached hydrogens (primary N) is 2. The number of nitrogen functional groups attached to an aromatic ring is 1. The van der Waals surface area contributed by atoms with Crippen LogP contribution in [0.2, 0.25) is 0 Å². The minimum absolute atomic E-state index is 0.0213. The largest absolute Gasteiger partial charge is 0.398 e. The molecular formula is C14H23N3O2S. The van der Waals surface area contributed by atoms with Crippen LogP contribution in [0.1, 0.15) is 39.5 Å². The molecule has 1 fully saturated rings. The van der Waals surface area contributed by atoms with E-state index in [4.69, 9.17) is 10.9 Å². The second-order valence-corrected chi connectivity index (χ2v) is 7.93. The molecule has 0 aliphatic heterocycles. The number of hydrogen-bond donors (Lipinski definition) is 3. The molecule has 20 heavy (non-hydrogen) atoms. The third-order valence-electron chi connectivity index (χ3n) is 3.89. The van der Waals surface area contributed by atoms with Gasteiger partial charge in [0.15, 0.2) is 0 Å². The Balaban J connectivity index is 2.13. The van der Waals surface area contributed by atoms with Gasteiger partial charge in [0.2, 0.25) is 10.0 Å². The normalized spacial score (nSPS) is 22.4. The van der Waals surface area contributed by atoms with Gasteiger partial charge in [-0.2, -0.15) is 0 Å². The Morgan fingerprint density at radius 1 is 1.35 bits per heavy atom. The maximum absolute atomic E-state index is 11.3. The molecule has 0 spiro atoms. The standard InChI is InChI=1S/C14H23N3O2S/c1-14(2)7-3-4-11(9-14)17-10-5-6-13(12(15)8-10)20(16,18)19/h5-6,8,11,17H,3-4,7,9,15H2,1-2H3,(H2,16,18,19). The number of primary sulfonamides is 1. The predicted molar refractivity (Wildman–Crippen MR) is 81.9 cm³/mol. The lowest BCUT2D eigenvalue weighted by Gasteiger charge is -2.36. The first-order valence-corrected chi connectivity index (χ1v) is 8.41. The van der Waals surface area contributed by atoms with Crippen molar-refractivity contribution < 1.29 is 8.42 Å². The van der Waals surface area contributed by atoms with E-state index in [2.05, 4.69) is 19.2 Å². The van der Waals surface area contributed by atoms with E-state index >= 15 is 0 Å². The molecule has 0 saturated heterocycles. The van der Waals surface area contributed by atoms with E-state index in [9.17, 15) is 8.42 Å². The van der Waals surface area contributed by atoms with Crippen LogP contribution in [0.25, 0.3) is 0 Å². The van der Waals surface area contributed by atoms with Gasteiger partial charge in [-0.25, -0.2) is 13.6 Å². The van der Waals surface area contributed by atoms with Crippen molar-refractivity contribution in [3.05, 3.63) is 18.2 Å². The maximum Gasteiger partial charge on any atom is 0.240 e. The maximum atomic E-state index is 11.3. The summed E-state index contributed by atoms with van der Waals surface area (Å²) in [6, 6.07) is 5.22. The topological polar surface area (TPSA) is 98.2 Å². The first-order valence-electron chi connectivity index (χ1n) is 6.86. The summed E-state index contributed by atoms with van der Waals surface area (Å²) >= 11 is 0. The molecule has 6 heteroatoms. The molecule has 5 N–H and O–H groups in total. The predicted octanol–water partition coefficient (Wildman–Crippen LogP) is 2.30. The van der Waals surface area contributed by atoms with Crippen LogP contribution in [0, 0.1) is 5.41 Å². The average Bonchev–Trinajstić information content (AvgIpc) is 2.25. The first kappa shape index (κ1) is 15.1. The van der Waals surface area contributed by atoms with Crippen molar-refractivity contribution in [3.8, 4) is 0 Å². The number of rotatable bonds is 3. The first-order chi connectivity index (χ1) is 9.17. The monoisotopic (exact) mass is 297 g/mol. The Labute approximate surface area is 120 Å². The van der Waals surface area contributed by atoms with Crippen molar-refractivity contribution in [2.75, 3.05) is 11.1 Å². The minimum atomic E-state index is -3.75. The van der Waals surface area contributed by atoms with Crippen molar-refractivity contribution >= 4 is 21.4 Å². The Morgan fingerprint density at radius 2 is 2.05 bits per heavy atom. The van der Waals surface area contributed by atoms with Gasteiger partial charge in [0.05, 0.1) is 5.69 Å². The summed E-state index contributed by atoms with van der Waals surface area (Å²) in [7, 11) is -3.75. The average molecular weight is 297 g/mol. The molecule has 1 aliphatic carbocycles. The molecule has 1 atom stereocenters. The zero-order valence-corrected chi connectivity index (χ0v) is 12.8. The number of sulfonamides is 1. The summed E-state index contributed by atoms with van der Waals surface area (Å²) in [4.78, 5) is -0.0213. The van der Waals surface area contributed by atoms with Crippen LogP contribution in [0.4, 0.5) is 11.4 Å². The van der Waals surface area contributed by atoms with Crippen molar-refractivity contribution in [1.29, 1.82) is 0 Å². The second-order valence-electron chi connectivity index (χ2n) is 6.40. The lowest BCUT2D eigenvalue weighted by molar-refractivity contribution is 0.229. The molecule has 1 aliphatic rings. The number of anilines is 2. The highest BCUT2D eigenvalue weighted by molar-refractivity contribution is 7.89. The third-order valence-corrected chi connectivity index (χ3v) is 4.88. The van der Waals surface area contributed by atoms with Gasteiger partial charge < -0.3 is 11.1 Å². The second kappa shape index (κ2) is 5.26. The Hall–Kier alpha value is -1.27. The highest BCUT2D eigenvalue weighted by Gasteiger charge is 2.27. The van der Waals surface area contributed by atoms with Gasteiger partial charge in [-0.3, -0.25) is 0 Å². The highest BCUT2D eigenvalue weighted by Crippen LogP contribution is 2.36. The van der Waals surface area contributed by atoms with E-state index in [1.165, 1.54) is 18.9 Å².